The molecule has 1 heterocycles. The molecule has 1 aliphatic rings. The zero-order valence-corrected chi connectivity index (χ0v) is 16.0. The van der Waals surface area contributed by atoms with Crippen LogP contribution in [0.4, 0.5) is 0 Å². The zero-order chi connectivity index (χ0) is 20.3. The predicted octanol–water partition coefficient (Wildman–Crippen LogP) is 1.03. The van der Waals surface area contributed by atoms with Crippen molar-refractivity contribution in [2.75, 3.05) is 13.7 Å². The standard InChI is InChI=1S/C20H22O7S/c1-26-19(25)13-4-2-3-12(9-13)11-5-7-14(8-6-11)28-20-18(24)17(23)16(22)15(10-21)27-20/h2-9,15-18,20-24H,10H2,1H3/t15-,16-,17+,18+,20-/m1/s1. The summed E-state index contributed by atoms with van der Waals surface area (Å²) in [7, 11) is 1.33. The molecule has 150 valence electrons. The number of ether oxygens (including phenoxy) is 2. The summed E-state index contributed by atoms with van der Waals surface area (Å²) in [5.41, 5.74) is 1.38. The van der Waals surface area contributed by atoms with Gasteiger partial charge in [-0.15, -0.1) is 0 Å². The van der Waals surface area contributed by atoms with Gasteiger partial charge in [-0.05, 0) is 35.4 Å². The zero-order valence-electron chi connectivity index (χ0n) is 15.1. The lowest BCUT2D eigenvalue weighted by Gasteiger charge is -2.39. The summed E-state index contributed by atoms with van der Waals surface area (Å²) in [6, 6.07) is 14.5. The lowest BCUT2D eigenvalue weighted by molar-refractivity contribution is -0.205. The molecule has 0 amide bonds. The van der Waals surface area contributed by atoms with Crippen LogP contribution in [0, 0.1) is 0 Å². The number of hydrogen-bond acceptors (Lipinski definition) is 8. The van der Waals surface area contributed by atoms with Crippen molar-refractivity contribution in [2.24, 2.45) is 0 Å². The van der Waals surface area contributed by atoms with Gasteiger partial charge >= 0.3 is 5.97 Å². The van der Waals surface area contributed by atoms with Crippen LogP contribution in [0.15, 0.2) is 53.4 Å². The Balaban J connectivity index is 1.74. The van der Waals surface area contributed by atoms with Crippen molar-refractivity contribution in [3.8, 4) is 11.1 Å². The first kappa shape index (κ1) is 20.8. The normalized spacial score (nSPS) is 27.4. The van der Waals surface area contributed by atoms with Crippen molar-refractivity contribution in [2.45, 2.75) is 34.7 Å². The number of methoxy groups -OCH3 is 1. The van der Waals surface area contributed by atoms with E-state index in [1.165, 1.54) is 18.9 Å². The van der Waals surface area contributed by atoms with Gasteiger partial charge in [0.2, 0.25) is 0 Å². The number of thioether (sulfide) groups is 1. The maximum absolute atomic E-state index is 11.7. The van der Waals surface area contributed by atoms with E-state index in [1.807, 2.05) is 30.3 Å². The molecule has 0 unspecified atom stereocenters. The van der Waals surface area contributed by atoms with E-state index < -0.39 is 42.4 Å². The van der Waals surface area contributed by atoms with Gasteiger partial charge in [0, 0.05) is 4.90 Å². The Hall–Kier alpha value is -1.94. The summed E-state index contributed by atoms with van der Waals surface area (Å²) in [5, 5.41) is 39.1. The van der Waals surface area contributed by atoms with Crippen molar-refractivity contribution in [3.05, 3.63) is 54.1 Å². The average molecular weight is 406 g/mol. The molecule has 0 saturated carbocycles. The molecule has 3 rings (SSSR count). The summed E-state index contributed by atoms with van der Waals surface area (Å²) < 4.78 is 10.2. The fourth-order valence-electron chi connectivity index (χ4n) is 2.97. The Morgan fingerprint density at radius 1 is 1.04 bits per heavy atom. The van der Waals surface area contributed by atoms with Gasteiger partial charge in [0.15, 0.2) is 0 Å². The topological polar surface area (TPSA) is 116 Å². The molecule has 1 fully saturated rings. The number of aliphatic hydroxyl groups excluding tert-OH is 4. The van der Waals surface area contributed by atoms with E-state index in [-0.39, 0.29) is 0 Å². The van der Waals surface area contributed by atoms with E-state index in [1.54, 1.807) is 18.2 Å². The molecular weight excluding hydrogens is 384 g/mol. The highest BCUT2D eigenvalue weighted by Gasteiger charge is 2.43. The number of esters is 1. The quantitative estimate of drug-likeness (QED) is 0.544. The van der Waals surface area contributed by atoms with Crippen LogP contribution in [0.5, 0.6) is 0 Å². The largest absolute Gasteiger partial charge is 0.465 e. The molecule has 4 N–H and O–H groups in total. The molecule has 5 atom stereocenters. The Bertz CT molecular complexity index is 808. The minimum absolute atomic E-state index is 0.406. The van der Waals surface area contributed by atoms with Gasteiger partial charge in [0.1, 0.15) is 29.9 Å². The van der Waals surface area contributed by atoms with Crippen molar-refractivity contribution < 1.29 is 34.7 Å². The van der Waals surface area contributed by atoms with Crippen LogP contribution in [0.25, 0.3) is 11.1 Å². The second kappa shape index (κ2) is 9.04. The summed E-state index contributed by atoms with van der Waals surface area (Å²) >= 11 is 1.18. The van der Waals surface area contributed by atoms with E-state index in [4.69, 9.17) is 9.47 Å². The monoisotopic (exact) mass is 406 g/mol. The highest BCUT2D eigenvalue weighted by molar-refractivity contribution is 7.99. The average Bonchev–Trinajstić information content (AvgIpc) is 2.74. The van der Waals surface area contributed by atoms with E-state index in [2.05, 4.69) is 0 Å². The maximum Gasteiger partial charge on any atom is 0.337 e. The third-order valence-corrected chi connectivity index (χ3v) is 5.74. The molecule has 0 spiro atoms. The molecule has 2 aromatic carbocycles. The van der Waals surface area contributed by atoms with Gasteiger partial charge < -0.3 is 29.9 Å². The molecule has 0 radical (unpaired) electrons. The number of carbonyl (C=O) groups is 1. The van der Waals surface area contributed by atoms with Crippen molar-refractivity contribution in [3.63, 3.8) is 0 Å². The number of benzene rings is 2. The molecule has 1 saturated heterocycles. The smallest absolute Gasteiger partial charge is 0.337 e. The first-order valence-electron chi connectivity index (χ1n) is 8.70. The highest BCUT2D eigenvalue weighted by atomic mass is 32.2. The van der Waals surface area contributed by atoms with E-state index in [0.717, 1.165) is 16.0 Å². The summed E-state index contributed by atoms with van der Waals surface area (Å²) in [5.74, 6) is -0.406. The fourth-order valence-corrected chi connectivity index (χ4v) is 4.03. The molecule has 28 heavy (non-hydrogen) atoms. The van der Waals surface area contributed by atoms with E-state index >= 15 is 0 Å². The molecule has 2 aromatic rings. The SMILES string of the molecule is COC(=O)c1cccc(-c2ccc(S[C@H]3O[C@H](CO)[C@@H](O)[C@H](O)[C@@H]3O)cc2)c1. The first-order chi connectivity index (χ1) is 13.4. The van der Waals surface area contributed by atoms with Crippen LogP contribution in [0.1, 0.15) is 10.4 Å². The Kier molecular flexibility index (Phi) is 6.71. The van der Waals surface area contributed by atoms with Crippen LogP contribution in [0.3, 0.4) is 0 Å². The summed E-state index contributed by atoms with van der Waals surface area (Å²) in [4.78, 5) is 12.5. The van der Waals surface area contributed by atoms with Gasteiger partial charge in [-0.3, -0.25) is 0 Å². The first-order valence-corrected chi connectivity index (χ1v) is 9.58. The molecule has 7 nitrogen and oxygen atoms in total. The van der Waals surface area contributed by atoms with Crippen LogP contribution < -0.4 is 0 Å². The van der Waals surface area contributed by atoms with Gasteiger partial charge in [-0.1, -0.05) is 36.0 Å². The Morgan fingerprint density at radius 3 is 2.39 bits per heavy atom. The molecule has 0 bridgehead atoms. The number of rotatable bonds is 5. The summed E-state index contributed by atoms with van der Waals surface area (Å²) in [6.07, 6.45) is -5.00. The van der Waals surface area contributed by atoms with Crippen LogP contribution in [-0.2, 0) is 9.47 Å². The van der Waals surface area contributed by atoms with Crippen molar-refractivity contribution in [1.29, 1.82) is 0 Å². The highest BCUT2D eigenvalue weighted by Crippen LogP contribution is 2.34. The molecule has 8 heteroatoms. The molecule has 1 aliphatic heterocycles. The van der Waals surface area contributed by atoms with E-state index in [0.29, 0.717) is 5.56 Å². The Labute approximate surface area is 166 Å². The molecule has 0 aliphatic carbocycles. The minimum atomic E-state index is -1.40. The summed E-state index contributed by atoms with van der Waals surface area (Å²) in [6.45, 7) is -0.461. The lowest BCUT2D eigenvalue weighted by Crippen LogP contribution is -2.57. The Morgan fingerprint density at radius 2 is 1.75 bits per heavy atom. The number of hydrogen-bond donors (Lipinski definition) is 4. The second-order valence-electron chi connectivity index (χ2n) is 6.41. The number of carbonyl (C=O) groups excluding carboxylic acids is 1. The second-order valence-corrected chi connectivity index (χ2v) is 7.58. The molecule has 0 aromatic heterocycles. The van der Waals surface area contributed by atoms with Gasteiger partial charge in [-0.2, -0.15) is 0 Å². The fraction of sp³-hybridized carbons (Fsp3) is 0.350. The predicted molar refractivity (Wildman–Crippen MR) is 103 cm³/mol. The lowest BCUT2D eigenvalue weighted by atomic mass is 10.0. The number of aliphatic hydroxyl groups is 4. The maximum atomic E-state index is 11.7. The minimum Gasteiger partial charge on any atom is -0.465 e. The van der Waals surface area contributed by atoms with Crippen LogP contribution >= 0.6 is 11.8 Å². The van der Waals surface area contributed by atoms with E-state index in [9.17, 15) is 25.2 Å². The van der Waals surface area contributed by atoms with Crippen LogP contribution in [0.2, 0.25) is 0 Å². The van der Waals surface area contributed by atoms with Crippen molar-refractivity contribution >= 4 is 17.7 Å². The third-order valence-electron chi connectivity index (χ3n) is 4.57. The van der Waals surface area contributed by atoms with Gasteiger partial charge in [0.05, 0.1) is 19.3 Å². The van der Waals surface area contributed by atoms with Crippen LogP contribution in [-0.4, -0.2) is 70.0 Å². The van der Waals surface area contributed by atoms with Gasteiger partial charge in [0.25, 0.3) is 0 Å². The van der Waals surface area contributed by atoms with Gasteiger partial charge in [-0.25, -0.2) is 4.79 Å². The molecular formula is C20H22O7S. The van der Waals surface area contributed by atoms with Crippen molar-refractivity contribution in [1.82, 2.24) is 0 Å². The third kappa shape index (κ3) is 4.38.